The number of urea groups is 2. The van der Waals surface area contributed by atoms with Crippen molar-refractivity contribution in [1.29, 1.82) is 0 Å². The van der Waals surface area contributed by atoms with E-state index in [2.05, 4.69) is 98.3 Å². The van der Waals surface area contributed by atoms with Crippen LogP contribution in [-0.2, 0) is 0 Å². The molecule has 0 unspecified atom stereocenters. The smallest absolute Gasteiger partial charge is 0.320 e. The molecule has 16 nitrogen and oxygen atoms in total. The van der Waals surface area contributed by atoms with Crippen LogP contribution in [0.5, 0.6) is 0 Å². The number of aromatic nitrogens is 4. The van der Waals surface area contributed by atoms with Crippen molar-refractivity contribution in [2.24, 2.45) is 10.8 Å². The maximum atomic E-state index is 12.9. The number of amides is 6. The van der Waals surface area contributed by atoms with Gasteiger partial charge in [0.1, 0.15) is 0 Å². The van der Waals surface area contributed by atoms with Gasteiger partial charge in [-0.3, -0.25) is 19.6 Å². The quantitative estimate of drug-likeness (QED) is 0.103. The number of anilines is 2. The SMILES string of the molecule is [C-]#[N+]c1cnc(C(=O)Nc2ccc(C3CN(C)C(=O)N(C)C3)cc2C2=CCC(CC)(CC)CC2)[nH]1.[C-]#[N+]c1cnc(C(=O)Nc2ccc(C3CN(CC)C(=O)N(CC)C3)cc2C2=CCC(C)(C)CC2)[nH]1. The van der Waals surface area contributed by atoms with E-state index in [9.17, 15) is 19.2 Å². The Balaban J connectivity index is 0.000000206. The summed E-state index contributed by atoms with van der Waals surface area (Å²) < 4.78 is 0. The molecule has 0 radical (unpaired) electrons. The number of benzene rings is 2. The summed E-state index contributed by atoms with van der Waals surface area (Å²) in [6.07, 6.45) is 15.8. The molecule has 2 aromatic heterocycles. The normalized spacial score (nSPS) is 18.3. The number of aromatic amines is 2. The molecule has 8 rings (SSSR count). The van der Waals surface area contributed by atoms with E-state index >= 15 is 0 Å². The molecule has 4 heterocycles. The van der Waals surface area contributed by atoms with Crippen LogP contribution in [0.4, 0.5) is 32.6 Å². The second kappa shape index (κ2) is 21.6. The first kappa shape index (κ1) is 50.7. The topological polar surface area (TPSA) is 171 Å². The van der Waals surface area contributed by atoms with Crippen LogP contribution in [0, 0.1) is 24.0 Å². The van der Waals surface area contributed by atoms with Gasteiger partial charge in [-0.25, -0.2) is 19.6 Å². The molecule has 6 amide bonds. The van der Waals surface area contributed by atoms with Crippen molar-refractivity contribution >= 4 is 58.0 Å². The van der Waals surface area contributed by atoms with E-state index in [4.69, 9.17) is 13.1 Å². The lowest BCUT2D eigenvalue weighted by atomic mass is 9.70. The minimum absolute atomic E-state index is 0.0352. The first-order valence-electron chi connectivity index (χ1n) is 24.7. The molecule has 2 saturated heterocycles. The van der Waals surface area contributed by atoms with Crippen LogP contribution in [-0.4, -0.2) is 117 Å². The van der Waals surface area contributed by atoms with Crippen LogP contribution in [0.3, 0.4) is 0 Å². The second-order valence-corrected chi connectivity index (χ2v) is 20.0. The summed E-state index contributed by atoms with van der Waals surface area (Å²) in [7, 11) is 3.67. The molecule has 2 aromatic carbocycles. The third kappa shape index (κ3) is 11.3. The van der Waals surface area contributed by atoms with Gasteiger partial charge in [0.25, 0.3) is 11.6 Å². The fourth-order valence-corrected chi connectivity index (χ4v) is 10.2. The van der Waals surface area contributed by atoms with E-state index < -0.39 is 0 Å². The number of imidazole rings is 2. The molecule has 4 aromatic rings. The van der Waals surface area contributed by atoms with E-state index in [1.54, 1.807) is 9.80 Å². The van der Waals surface area contributed by atoms with Crippen molar-refractivity contribution in [2.75, 3.05) is 64.0 Å². The highest BCUT2D eigenvalue weighted by Crippen LogP contribution is 2.46. The number of likely N-dealkylation sites (N-methyl/N-ethyl adjacent to an activating group) is 4. The Morgan fingerprint density at radius 1 is 0.686 bits per heavy atom. The predicted molar refractivity (Wildman–Crippen MR) is 275 cm³/mol. The van der Waals surface area contributed by atoms with Crippen LogP contribution >= 0.6 is 0 Å². The molecule has 0 bridgehead atoms. The van der Waals surface area contributed by atoms with E-state index in [1.807, 2.05) is 55.9 Å². The molecule has 4 aliphatic rings. The third-order valence-electron chi connectivity index (χ3n) is 15.0. The van der Waals surface area contributed by atoms with Gasteiger partial charge in [0, 0.05) is 87.7 Å². The van der Waals surface area contributed by atoms with Gasteiger partial charge in [-0.1, -0.05) is 78.0 Å². The Morgan fingerprint density at radius 3 is 1.53 bits per heavy atom. The van der Waals surface area contributed by atoms with Gasteiger partial charge in [0.05, 0.1) is 12.4 Å². The second-order valence-electron chi connectivity index (χ2n) is 20.0. The highest BCUT2D eigenvalue weighted by Gasteiger charge is 2.34. The van der Waals surface area contributed by atoms with Gasteiger partial charge in [-0.15, -0.1) is 0 Å². The lowest BCUT2D eigenvalue weighted by Gasteiger charge is -2.39. The van der Waals surface area contributed by atoms with Gasteiger partial charge in [0.15, 0.2) is 0 Å². The number of nitrogens with zero attached hydrogens (tertiary/aromatic N) is 8. The molecule has 2 fully saturated rings. The van der Waals surface area contributed by atoms with E-state index in [-0.39, 0.29) is 64.4 Å². The number of carbonyl (C=O) groups excluding carboxylic acids is 4. The zero-order valence-electron chi connectivity index (χ0n) is 42.0. The van der Waals surface area contributed by atoms with Crippen molar-refractivity contribution in [1.82, 2.24) is 39.5 Å². The number of carbonyl (C=O) groups is 4. The standard InChI is InChI=1S/2C27H34N6O2/c1-6-27(7-2)12-10-18(11-13-27)21-14-19(20-16-32(4)26(35)33(5)17-20)8-9-22(21)30-25(34)24-29-15-23(28-3)31-24;1-6-32-16-20(17-33(7-2)26(32)35)19-8-9-22(30-25(34)24-29-15-23(28-5)31-24)21(14-19)18-10-12-27(3,4)13-11-18/h8-10,14-15,20H,6-7,11-13,16-17H2,1-2,4-5H3,(H,29,31)(H,30,34);8-10,14-15,20H,6-7,11-13,16-17H2,1-4H3,(H,29,31)(H,30,34). The Morgan fingerprint density at radius 2 is 1.14 bits per heavy atom. The summed E-state index contributed by atoms with van der Waals surface area (Å²) in [6, 6.07) is 12.5. The summed E-state index contributed by atoms with van der Waals surface area (Å²) in [5.74, 6) is 0.344. The van der Waals surface area contributed by atoms with Crippen LogP contribution in [0.15, 0.2) is 60.9 Å². The van der Waals surface area contributed by atoms with Crippen molar-refractivity contribution in [3.63, 3.8) is 0 Å². The summed E-state index contributed by atoms with van der Waals surface area (Å²) in [5, 5.41) is 6.02. The van der Waals surface area contributed by atoms with Gasteiger partial charge in [0.2, 0.25) is 11.6 Å². The molecule has 70 heavy (non-hydrogen) atoms. The summed E-state index contributed by atoms with van der Waals surface area (Å²) in [6.45, 7) is 31.4. The van der Waals surface area contributed by atoms with Crippen molar-refractivity contribution in [2.45, 2.75) is 105 Å². The number of allylic oxidation sites excluding steroid dienone is 4. The Labute approximate surface area is 412 Å². The van der Waals surface area contributed by atoms with Crippen LogP contribution in [0.2, 0.25) is 0 Å². The number of hydrogen-bond acceptors (Lipinski definition) is 6. The van der Waals surface area contributed by atoms with Gasteiger partial charge >= 0.3 is 23.9 Å². The number of hydrogen-bond donors (Lipinski definition) is 4. The molecular formula is C54H68N12O4. The lowest BCUT2D eigenvalue weighted by Crippen LogP contribution is -2.52. The zero-order valence-corrected chi connectivity index (χ0v) is 42.0. The Hall–Kier alpha value is -7.20. The number of rotatable bonds is 12. The van der Waals surface area contributed by atoms with E-state index in [0.717, 1.165) is 79.4 Å². The lowest BCUT2D eigenvalue weighted by molar-refractivity contribution is 0.101. The van der Waals surface area contributed by atoms with Gasteiger partial charge in [-0.05, 0) is 110 Å². The molecule has 368 valence electrons. The molecule has 0 spiro atoms. The minimum atomic E-state index is -0.372. The van der Waals surface area contributed by atoms with Crippen molar-refractivity contribution in [3.05, 3.63) is 118 Å². The monoisotopic (exact) mass is 949 g/mol. The van der Waals surface area contributed by atoms with Crippen LogP contribution in [0.25, 0.3) is 20.8 Å². The first-order valence-corrected chi connectivity index (χ1v) is 24.7. The van der Waals surface area contributed by atoms with Crippen molar-refractivity contribution in [3.8, 4) is 0 Å². The highest BCUT2D eigenvalue weighted by atomic mass is 16.2. The Bertz CT molecular complexity index is 2720. The summed E-state index contributed by atoms with van der Waals surface area (Å²) >= 11 is 0. The van der Waals surface area contributed by atoms with Crippen molar-refractivity contribution < 1.29 is 19.2 Å². The van der Waals surface area contributed by atoms with E-state index in [0.29, 0.717) is 44.7 Å². The van der Waals surface area contributed by atoms with Crippen LogP contribution in [0.1, 0.15) is 148 Å². The number of H-pyrrole nitrogens is 2. The average molecular weight is 949 g/mol. The number of nitrogens with one attached hydrogen (secondary N) is 4. The Kier molecular flexibility index (Phi) is 15.6. The highest BCUT2D eigenvalue weighted by molar-refractivity contribution is 6.04. The summed E-state index contributed by atoms with van der Waals surface area (Å²) in [5.41, 5.74) is 8.93. The third-order valence-corrected chi connectivity index (χ3v) is 15.0. The van der Waals surface area contributed by atoms with Gasteiger partial charge < -0.3 is 39.9 Å². The molecule has 2 aliphatic heterocycles. The zero-order chi connectivity index (χ0) is 50.3. The molecule has 2 aliphatic carbocycles. The minimum Gasteiger partial charge on any atom is -0.363 e. The largest absolute Gasteiger partial charge is 0.363 e. The molecule has 0 saturated carbocycles. The maximum absolute atomic E-state index is 12.9. The average Bonchev–Trinajstić information content (AvgIpc) is 4.07. The van der Waals surface area contributed by atoms with Crippen LogP contribution < -0.4 is 10.6 Å². The maximum Gasteiger partial charge on any atom is 0.320 e. The summed E-state index contributed by atoms with van der Waals surface area (Å²) in [4.78, 5) is 78.2. The molecule has 16 heteroatoms. The fourth-order valence-electron chi connectivity index (χ4n) is 10.2. The van der Waals surface area contributed by atoms with Gasteiger partial charge in [-0.2, -0.15) is 0 Å². The molecule has 0 atom stereocenters. The van der Waals surface area contributed by atoms with E-state index in [1.165, 1.54) is 29.1 Å². The molecular weight excluding hydrogens is 881 g/mol. The first-order chi connectivity index (χ1) is 33.5. The fraction of sp³-hybridized carbons (Fsp3) is 0.481. The molecule has 4 N–H and O–H groups in total. The predicted octanol–water partition coefficient (Wildman–Crippen LogP) is 11.3.